The maximum atomic E-state index is 5.40. The predicted octanol–water partition coefficient (Wildman–Crippen LogP) is 1.04. The van der Waals surface area contributed by atoms with Crippen molar-refractivity contribution in [3.05, 3.63) is 36.2 Å². The third-order valence-electron chi connectivity index (χ3n) is 2.41. The Balaban J connectivity index is 2.08. The normalized spacial score (nSPS) is 37.8. The zero-order valence-electron chi connectivity index (χ0n) is 6.16. The maximum Gasteiger partial charge on any atom is 0.151 e. The molecule has 3 aliphatic rings. The smallest absolute Gasteiger partial charge is 0.151 e. The second-order valence-electron chi connectivity index (χ2n) is 3.13. The quantitative estimate of drug-likeness (QED) is 0.476. The average molecular weight is 147 g/mol. The van der Waals surface area contributed by atoms with Crippen LogP contribution in [0.3, 0.4) is 0 Å². The number of hydrogen-bond donors (Lipinski definition) is 0. The van der Waals surface area contributed by atoms with E-state index in [0.717, 1.165) is 13.2 Å². The zero-order valence-corrected chi connectivity index (χ0v) is 6.16. The largest absolute Gasteiger partial charge is 0.358 e. The number of epoxide rings is 1. The first kappa shape index (κ1) is 5.61. The Bertz CT molecular complexity index is 284. The molecule has 0 bridgehead atoms. The lowest BCUT2D eigenvalue weighted by Crippen LogP contribution is -2.22. The van der Waals surface area contributed by atoms with Crippen LogP contribution in [-0.2, 0) is 4.74 Å². The van der Waals surface area contributed by atoms with Gasteiger partial charge in [0.05, 0.1) is 12.3 Å². The van der Waals surface area contributed by atoms with Gasteiger partial charge in [-0.1, -0.05) is 12.2 Å². The highest BCUT2D eigenvalue weighted by molar-refractivity contribution is 5.41. The van der Waals surface area contributed by atoms with Gasteiger partial charge in [-0.2, -0.15) is 0 Å². The molecule has 3 aliphatic heterocycles. The maximum absolute atomic E-state index is 5.40. The van der Waals surface area contributed by atoms with E-state index < -0.39 is 0 Å². The average Bonchev–Trinajstić information content (AvgIpc) is 2.72. The van der Waals surface area contributed by atoms with Gasteiger partial charge in [0.2, 0.25) is 0 Å². The molecule has 0 amide bonds. The van der Waals surface area contributed by atoms with E-state index >= 15 is 0 Å². The van der Waals surface area contributed by atoms with Gasteiger partial charge in [0.1, 0.15) is 0 Å². The lowest BCUT2D eigenvalue weighted by atomic mass is 10.1. The number of nitrogens with zero attached hydrogens (tertiary/aromatic N) is 1. The molecule has 3 rings (SSSR count). The van der Waals surface area contributed by atoms with Crippen molar-refractivity contribution in [3.63, 3.8) is 0 Å². The Kier molecular flexibility index (Phi) is 0.809. The van der Waals surface area contributed by atoms with Crippen molar-refractivity contribution in [1.29, 1.82) is 0 Å². The zero-order chi connectivity index (χ0) is 7.31. The summed E-state index contributed by atoms with van der Waals surface area (Å²) in [6.45, 7) is 1.85. The minimum atomic E-state index is -0.00917. The Morgan fingerprint density at radius 1 is 1.55 bits per heavy atom. The molecule has 11 heavy (non-hydrogen) atoms. The second kappa shape index (κ2) is 1.59. The summed E-state index contributed by atoms with van der Waals surface area (Å²) in [6, 6.07) is 0. The van der Waals surface area contributed by atoms with E-state index in [1.54, 1.807) is 0 Å². The fourth-order valence-corrected chi connectivity index (χ4v) is 1.67. The fourth-order valence-electron chi connectivity index (χ4n) is 1.67. The summed E-state index contributed by atoms with van der Waals surface area (Å²) in [5, 5.41) is 0. The molecule has 0 aromatic rings. The van der Waals surface area contributed by atoms with Crippen LogP contribution in [0.4, 0.5) is 0 Å². The highest BCUT2D eigenvalue weighted by Gasteiger charge is 2.51. The van der Waals surface area contributed by atoms with E-state index in [-0.39, 0.29) is 5.60 Å². The molecular formula is C9H9NO. The topological polar surface area (TPSA) is 15.8 Å². The van der Waals surface area contributed by atoms with E-state index in [1.165, 1.54) is 5.70 Å². The third kappa shape index (κ3) is 0.601. The first-order chi connectivity index (χ1) is 5.41. The number of ether oxygens (including phenoxy) is 1. The molecule has 0 radical (unpaired) electrons. The van der Waals surface area contributed by atoms with Crippen molar-refractivity contribution in [2.24, 2.45) is 0 Å². The highest BCUT2D eigenvalue weighted by atomic mass is 16.6. The summed E-state index contributed by atoms with van der Waals surface area (Å²) < 4.78 is 5.40. The van der Waals surface area contributed by atoms with Crippen LogP contribution in [0.5, 0.6) is 0 Å². The SMILES string of the molecule is C1=CCN2C=CC3(CO3)C2=C1. The summed E-state index contributed by atoms with van der Waals surface area (Å²) in [4.78, 5) is 2.23. The van der Waals surface area contributed by atoms with Crippen molar-refractivity contribution < 1.29 is 4.74 Å². The van der Waals surface area contributed by atoms with Gasteiger partial charge in [-0.3, -0.25) is 0 Å². The number of rotatable bonds is 0. The number of fused-ring (bicyclic) bond motifs is 2. The molecule has 0 aromatic heterocycles. The molecule has 0 saturated carbocycles. The van der Waals surface area contributed by atoms with E-state index in [2.05, 4.69) is 35.4 Å². The van der Waals surface area contributed by atoms with E-state index in [0.29, 0.717) is 0 Å². The van der Waals surface area contributed by atoms with Crippen molar-refractivity contribution in [1.82, 2.24) is 4.90 Å². The molecule has 3 heterocycles. The second-order valence-corrected chi connectivity index (χ2v) is 3.13. The Morgan fingerprint density at radius 2 is 2.45 bits per heavy atom. The highest BCUT2D eigenvalue weighted by Crippen LogP contribution is 2.43. The summed E-state index contributed by atoms with van der Waals surface area (Å²) >= 11 is 0. The molecular weight excluding hydrogens is 138 g/mol. The van der Waals surface area contributed by atoms with Gasteiger partial charge in [0.25, 0.3) is 0 Å². The summed E-state index contributed by atoms with van der Waals surface area (Å²) in [5.74, 6) is 0. The first-order valence-electron chi connectivity index (χ1n) is 3.88. The van der Waals surface area contributed by atoms with Crippen molar-refractivity contribution in [2.75, 3.05) is 13.2 Å². The van der Waals surface area contributed by atoms with Crippen LogP contribution >= 0.6 is 0 Å². The Labute approximate surface area is 65.4 Å². The number of allylic oxidation sites excluding steroid dienone is 2. The van der Waals surface area contributed by atoms with Gasteiger partial charge in [-0.15, -0.1) is 0 Å². The van der Waals surface area contributed by atoms with Gasteiger partial charge in [-0.25, -0.2) is 0 Å². The van der Waals surface area contributed by atoms with Crippen LogP contribution in [-0.4, -0.2) is 23.7 Å². The molecule has 56 valence electrons. The molecule has 2 nitrogen and oxygen atoms in total. The minimum Gasteiger partial charge on any atom is -0.358 e. The lowest BCUT2D eigenvalue weighted by Gasteiger charge is -2.20. The van der Waals surface area contributed by atoms with Crippen LogP contribution in [0.25, 0.3) is 0 Å². The van der Waals surface area contributed by atoms with E-state index in [1.807, 2.05) is 0 Å². The summed E-state index contributed by atoms with van der Waals surface area (Å²) in [7, 11) is 0. The molecule has 1 fully saturated rings. The first-order valence-corrected chi connectivity index (χ1v) is 3.88. The molecule has 1 spiro atoms. The van der Waals surface area contributed by atoms with Crippen LogP contribution < -0.4 is 0 Å². The lowest BCUT2D eigenvalue weighted by molar-refractivity contribution is 0.354. The molecule has 1 unspecified atom stereocenters. The van der Waals surface area contributed by atoms with Gasteiger partial charge >= 0.3 is 0 Å². The van der Waals surface area contributed by atoms with Gasteiger partial charge in [0.15, 0.2) is 5.60 Å². The van der Waals surface area contributed by atoms with Crippen LogP contribution in [0.1, 0.15) is 0 Å². The standard InChI is InChI=1S/C9H9NO/c1-2-5-10-6-4-9(7-11-9)8(10)3-1/h1-4,6H,5,7H2. The van der Waals surface area contributed by atoms with Crippen LogP contribution in [0.15, 0.2) is 36.2 Å². The molecule has 0 N–H and O–H groups in total. The van der Waals surface area contributed by atoms with Crippen molar-refractivity contribution in [2.45, 2.75) is 5.60 Å². The molecule has 1 saturated heterocycles. The fraction of sp³-hybridized carbons (Fsp3) is 0.333. The predicted molar refractivity (Wildman–Crippen MR) is 41.8 cm³/mol. The molecule has 0 aliphatic carbocycles. The Morgan fingerprint density at radius 3 is 3.27 bits per heavy atom. The van der Waals surface area contributed by atoms with Crippen LogP contribution in [0.2, 0.25) is 0 Å². The van der Waals surface area contributed by atoms with Gasteiger partial charge in [0, 0.05) is 12.7 Å². The Hall–Kier alpha value is -1.02. The van der Waals surface area contributed by atoms with E-state index in [9.17, 15) is 0 Å². The minimum absolute atomic E-state index is 0.00917. The molecule has 1 atom stereocenters. The van der Waals surface area contributed by atoms with Gasteiger partial charge in [-0.05, 0) is 12.2 Å². The summed E-state index contributed by atoms with van der Waals surface area (Å²) in [5.41, 5.74) is 1.30. The van der Waals surface area contributed by atoms with E-state index in [4.69, 9.17) is 4.74 Å². The monoisotopic (exact) mass is 147 g/mol. The number of hydrogen-bond acceptors (Lipinski definition) is 2. The van der Waals surface area contributed by atoms with Crippen LogP contribution in [0, 0.1) is 0 Å². The van der Waals surface area contributed by atoms with Crippen molar-refractivity contribution >= 4 is 0 Å². The van der Waals surface area contributed by atoms with Crippen molar-refractivity contribution in [3.8, 4) is 0 Å². The van der Waals surface area contributed by atoms with Gasteiger partial charge < -0.3 is 9.64 Å². The third-order valence-corrected chi connectivity index (χ3v) is 2.41. The summed E-state index contributed by atoms with van der Waals surface area (Å²) in [6.07, 6.45) is 10.6. The molecule has 0 aromatic carbocycles. The molecule has 2 heteroatoms.